The van der Waals surface area contributed by atoms with Gasteiger partial charge in [0.15, 0.2) is 5.13 Å². The van der Waals surface area contributed by atoms with E-state index in [9.17, 15) is 13.2 Å². The molecule has 3 aromatic rings. The third kappa shape index (κ3) is 6.68. The zero-order valence-corrected chi connectivity index (χ0v) is 22.3. The minimum atomic E-state index is -3.66. The number of nitrogens with one attached hydrogen (secondary N) is 1. The summed E-state index contributed by atoms with van der Waals surface area (Å²) < 4.78 is 33.9. The highest BCUT2D eigenvalue weighted by Gasteiger charge is 2.29. The largest absolute Gasteiger partial charge is 0.497 e. The van der Waals surface area contributed by atoms with Crippen molar-refractivity contribution in [2.75, 3.05) is 19.0 Å². The molecule has 0 aliphatic rings. The monoisotopic (exact) mass is 515 g/mol. The average Bonchev–Trinajstić information content (AvgIpc) is 3.27. The van der Waals surface area contributed by atoms with Crippen LogP contribution < -0.4 is 10.1 Å². The van der Waals surface area contributed by atoms with Gasteiger partial charge in [-0.3, -0.25) is 4.79 Å². The fourth-order valence-corrected chi connectivity index (χ4v) is 6.51. The molecule has 9 heteroatoms. The summed E-state index contributed by atoms with van der Waals surface area (Å²) in [7, 11) is -2.05. The Kier molecular flexibility index (Phi) is 9.42. The van der Waals surface area contributed by atoms with Crippen LogP contribution in [0.4, 0.5) is 5.13 Å². The summed E-state index contributed by atoms with van der Waals surface area (Å²) in [6, 6.07) is 16.0. The lowest BCUT2D eigenvalue weighted by Gasteiger charge is -2.28. The normalized spacial score (nSPS) is 12.5. The number of anilines is 1. The van der Waals surface area contributed by atoms with Crippen molar-refractivity contribution in [2.24, 2.45) is 0 Å². The van der Waals surface area contributed by atoms with Crippen LogP contribution in [0, 0.1) is 0 Å². The molecule has 35 heavy (non-hydrogen) atoms. The van der Waals surface area contributed by atoms with Crippen molar-refractivity contribution >= 4 is 32.4 Å². The van der Waals surface area contributed by atoms with Gasteiger partial charge in [-0.25, -0.2) is 13.4 Å². The predicted octanol–water partition coefficient (Wildman–Crippen LogP) is 5.59. The Morgan fingerprint density at radius 1 is 1.11 bits per heavy atom. The molecular formula is C26H33N3O4S2. The molecule has 3 rings (SSSR count). The van der Waals surface area contributed by atoms with Crippen LogP contribution in [-0.4, -0.2) is 43.3 Å². The third-order valence-electron chi connectivity index (χ3n) is 5.74. The molecule has 0 saturated heterocycles. The van der Waals surface area contributed by atoms with Crippen molar-refractivity contribution < 1.29 is 17.9 Å². The van der Waals surface area contributed by atoms with Gasteiger partial charge in [0.25, 0.3) is 0 Å². The van der Waals surface area contributed by atoms with E-state index in [1.165, 1.54) is 11.3 Å². The van der Waals surface area contributed by atoms with Gasteiger partial charge in [-0.2, -0.15) is 4.31 Å². The molecule has 188 valence electrons. The number of aromatic nitrogens is 1. The topological polar surface area (TPSA) is 88.6 Å². The lowest BCUT2D eigenvalue weighted by molar-refractivity contribution is -0.115. The van der Waals surface area contributed by atoms with E-state index in [0.717, 1.165) is 34.7 Å². The van der Waals surface area contributed by atoms with Crippen LogP contribution in [0.25, 0.3) is 11.3 Å². The van der Waals surface area contributed by atoms with Crippen LogP contribution in [0.5, 0.6) is 5.75 Å². The van der Waals surface area contributed by atoms with Gasteiger partial charge in [-0.1, -0.05) is 38.5 Å². The van der Waals surface area contributed by atoms with E-state index in [-0.39, 0.29) is 11.9 Å². The first-order chi connectivity index (χ1) is 16.8. The number of hydrogen-bond donors (Lipinski definition) is 1. The molecule has 0 bridgehead atoms. The molecule has 0 radical (unpaired) electrons. The minimum absolute atomic E-state index is 0.114. The van der Waals surface area contributed by atoms with E-state index in [0.29, 0.717) is 29.4 Å². The molecule has 0 spiro atoms. The second-order valence-corrected chi connectivity index (χ2v) is 11.2. The third-order valence-corrected chi connectivity index (χ3v) is 8.79. The van der Waals surface area contributed by atoms with Crippen LogP contribution in [0.1, 0.15) is 44.9 Å². The van der Waals surface area contributed by atoms with Gasteiger partial charge in [0.1, 0.15) is 5.75 Å². The standard InChI is InChI=1S/C26H33N3O4S2/c1-5-10-19(3)29(35(31,32)22-11-8-7-9-12-22)18-17-23-25(20-13-15-21(33-4)16-14-20)28-26(34-23)27-24(30)6-2/h7-9,11-16,19H,5-6,10,17-18H2,1-4H3,(H,27,28,30). The second-order valence-electron chi connectivity index (χ2n) is 8.24. The Morgan fingerprint density at radius 3 is 2.40 bits per heavy atom. The molecule has 0 aliphatic carbocycles. The number of rotatable bonds is 12. The highest BCUT2D eigenvalue weighted by Crippen LogP contribution is 2.33. The zero-order chi connectivity index (χ0) is 25.4. The lowest BCUT2D eigenvalue weighted by atomic mass is 10.1. The highest BCUT2D eigenvalue weighted by molar-refractivity contribution is 7.89. The van der Waals surface area contributed by atoms with Gasteiger partial charge in [0.05, 0.1) is 17.7 Å². The number of amides is 1. The first-order valence-electron chi connectivity index (χ1n) is 11.8. The maximum absolute atomic E-state index is 13.5. The van der Waals surface area contributed by atoms with E-state index in [1.54, 1.807) is 42.6 Å². The number of methoxy groups -OCH3 is 1. The summed E-state index contributed by atoms with van der Waals surface area (Å²) in [6.07, 6.45) is 2.47. The molecule has 1 heterocycles. The van der Waals surface area contributed by atoms with Gasteiger partial charge in [0.2, 0.25) is 15.9 Å². The number of ether oxygens (including phenoxy) is 1. The summed E-state index contributed by atoms with van der Waals surface area (Å²) >= 11 is 1.39. The SMILES string of the molecule is CCCC(C)N(CCc1sc(NC(=O)CC)nc1-c1ccc(OC)cc1)S(=O)(=O)c1ccccc1. The molecule has 0 saturated carbocycles. The van der Waals surface area contributed by atoms with Gasteiger partial charge in [-0.05, 0) is 56.2 Å². The number of thiazole rings is 1. The van der Waals surface area contributed by atoms with E-state index in [4.69, 9.17) is 4.74 Å². The molecular weight excluding hydrogens is 482 g/mol. The molecule has 0 aliphatic heterocycles. The van der Waals surface area contributed by atoms with E-state index >= 15 is 0 Å². The van der Waals surface area contributed by atoms with E-state index in [2.05, 4.69) is 17.2 Å². The first kappa shape index (κ1) is 26.8. The quantitative estimate of drug-likeness (QED) is 0.340. The zero-order valence-electron chi connectivity index (χ0n) is 20.7. The number of carbonyl (C=O) groups excluding carboxylic acids is 1. The number of sulfonamides is 1. The lowest BCUT2D eigenvalue weighted by Crippen LogP contribution is -2.40. The Balaban J connectivity index is 1.95. The summed E-state index contributed by atoms with van der Waals surface area (Å²) in [4.78, 5) is 17.9. The number of hydrogen-bond acceptors (Lipinski definition) is 6. The summed E-state index contributed by atoms with van der Waals surface area (Å²) in [5.41, 5.74) is 1.62. The molecule has 0 fully saturated rings. The van der Waals surface area contributed by atoms with Crippen LogP contribution in [0.3, 0.4) is 0 Å². The molecule has 1 N–H and O–H groups in total. The van der Waals surface area contributed by atoms with Gasteiger partial charge in [-0.15, -0.1) is 11.3 Å². The van der Waals surface area contributed by atoms with Crippen molar-refractivity contribution in [3.05, 3.63) is 59.5 Å². The van der Waals surface area contributed by atoms with Gasteiger partial charge in [0, 0.05) is 29.4 Å². The van der Waals surface area contributed by atoms with Gasteiger partial charge < -0.3 is 10.1 Å². The van der Waals surface area contributed by atoms with Crippen molar-refractivity contribution in [3.63, 3.8) is 0 Å². The number of benzene rings is 2. The molecule has 1 amide bonds. The molecule has 1 unspecified atom stereocenters. The molecule has 2 aromatic carbocycles. The van der Waals surface area contributed by atoms with E-state index in [1.807, 2.05) is 37.3 Å². The molecule has 1 atom stereocenters. The fraction of sp³-hybridized carbons (Fsp3) is 0.385. The average molecular weight is 516 g/mol. The van der Waals surface area contributed by atoms with Crippen LogP contribution in [-0.2, 0) is 21.2 Å². The predicted molar refractivity (Wildman–Crippen MR) is 141 cm³/mol. The summed E-state index contributed by atoms with van der Waals surface area (Å²) in [6.45, 7) is 6.10. The van der Waals surface area contributed by atoms with Crippen molar-refractivity contribution in [2.45, 2.75) is 57.4 Å². The fourth-order valence-electron chi connectivity index (χ4n) is 3.84. The van der Waals surface area contributed by atoms with Crippen molar-refractivity contribution in [1.29, 1.82) is 0 Å². The minimum Gasteiger partial charge on any atom is -0.497 e. The Bertz CT molecular complexity index is 1210. The Labute approximate surface area is 212 Å². The number of nitrogens with zero attached hydrogens (tertiary/aromatic N) is 2. The van der Waals surface area contributed by atoms with Crippen molar-refractivity contribution in [3.8, 4) is 17.0 Å². The summed E-state index contributed by atoms with van der Waals surface area (Å²) in [5.74, 6) is 0.620. The van der Waals surface area contributed by atoms with Crippen LogP contribution >= 0.6 is 11.3 Å². The maximum atomic E-state index is 13.5. The van der Waals surface area contributed by atoms with E-state index < -0.39 is 10.0 Å². The number of carbonyl (C=O) groups is 1. The van der Waals surface area contributed by atoms with Crippen LogP contribution in [0.15, 0.2) is 59.5 Å². The van der Waals surface area contributed by atoms with Crippen molar-refractivity contribution in [1.82, 2.24) is 9.29 Å². The Morgan fingerprint density at radius 2 is 1.80 bits per heavy atom. The molecule has 1 aromatic heterocycles. The maximum Gasteiger partial charge on any atom is 0.243 e. The van der Waals surface area contributed by atoms with Crippen LogP contribution in [0.2, 0.25) is 0 Å². The second kappa shape index (κ2) is 12.3. The van der Waals surface area contributed by atoms with Gasteiger partial charge >= 0.3 is 0 Å². The highest BCUT2D eigenvalue weighted by atomic mass is 32.2. The Hall–Kier alpha value is -2.75. The molecule has 7 nitrogen and oxygen atoms in total. The smallest absolute Gasteiger partial charge is 0.243 e. The first-order valence-corrected chi connectivity index (χ1v) is 14.1. The summed E-state index contributed by atoms with van der Waals surface area (Å²) in [5, 5.41) is 3.35.